The van der Waals surface area contributed by atoms with E-state index in [1.807, 2.05) is 0 Å². The second-order valence-electron chi connectivity index (χ2n) is 5.73. The lowest BCUT2D eigenvalue weighted by Crippen LogP contribution is -2.50. The molecule has 0 radical (unpaired) electrons. The van der Waals surface area contributed by atoms with E-state index < -0.39 is 10.0 Å². The molecule has 0 spiro atoms. The quantitative estimate of drug-likeness (QED) is 0.788. The van der Waals surface area contributed by atoms with Gasteiger partial charge in [0.15, 0.2) is 0 Å². The topological polar surface area (TPSA) is 78.0 Å². The van der Waals surface area contributed by atoms with Crippen LogP contribution in [-0.2, 0) is 14.8 Å². The van der Waals surface area contributed by atoms with E-state index in [1.54, 1.807) is 9.80 Å². The Morgan fingerprint density at radius 1 is 1.08 bits per heavy atom. The molecule has 132 valence electrons. The zero-order valence-corrected chi connectivity index (χ0v) is 15.4. The number of amides is 2. The number of nitrogens with zero attached hydrogens (tertiary/aromatic N) is 3. The average molecular weight is 374 g/mol. The van der Waals surface area contributed by atoms with Gasteiger partial charge in [-0.2, -0.15) is 0 Å². The molecule has 1 saturated heterocycles. The van der Waals surface area contributed by atoms with Crippen molar-refractivity contribution in [2.45, 2.75) is 11.8 Å². The molecular weight excluding hydrogens is 354 g/mol. The molecular formula is C15H20ClN3O4S. The maximum absolute atomic E-state index is 12.6. The summed E-state index contributed by atoms with van der Waals surface area (Å²) in [6.45, 7) is 3.26. The Hall–Kier alpha value is -1.64. The highest BCUT2D eigenvalue weighted by molar-refractivity contribution is 7.89. The smallest absolute Gasteiger partial charge is 0.254 e. The summed E-state index contributed by atoms with van der Waals surface area (Å²) < 4.78 is 25.6. The van der Waals surface area contributed by atoms with Gasteiger partial charge < -0.3 is 9.80 Å². The molecule has 7 nitrogen and oxygen atoms in total. The third kappa shape index (κ3) is 3.71. The minimum atomic E-state index is -3.74. The summed E-state index contributed by atoms with van der Waals surface area (Å²) in [5, 5.41) is 0.0710. The molecule has 1 aromatic rings. The summed E-state index contributed by atoms with van der Waals surface area (Å²) >= 11 is 5.99. The largest absolute Gasteiger partial charge is 0.339 e. The van der Waals surface area contributed by atoms with Crippen LogP contribution in [0.4, 0.5) is 0 Å². The van der Waals surface area contributed by atoms with Crippen LogP contribution < -0.4 is 0 Å². The average Bonchev–Trinajstić information content (AvgIpc) is 2.54. The Labute approximate surface area is 146 Å². The summed E-state index contributed by atoms with van der Waals surface area (Å²) in [4.78, 5) is 27.1. The summed E-state index contributed by atoms with van der Waals surface area (Å²) in [5.74, 6) is -0.293. The van der Waals surface area contributed by atoms with Crippen molar-refractivity contribution in [3.8, 4) is 0 Å². The van der Waals surface area contributed by atoms with Gasteiger partial charge in [-0.25, -0.2) is 12.7 Å². The number of benzene rings is 1. The van der Waals surface area contributed by atoms with Crippen molar-refractivity contribution in [3.05, 3.63) is 28.8 Å². The second-order valence-corrected chi connectivity index (χ2v) is 8.26. The van der Waals surface area contributed by atoms with Crippen molar-refractivity contribution in [2.24, 2.45) is 0 Å². The number of piperazine rings is 1. The number of hydrogen-bond acceptors (Lipinski definition) is 4. The number of sulfonamides is 1. The van der Waals surface area contributed by atoms with Crippen LogP contribution in [0.15, 0.2) is 23.1 Å². The van der Waals surface area contributed by atoms with E-state index in [1.165, 1.54) is 39.2 Å². The van der Waals surface area contributed by atoms with E-state index in [0.717, 1.165) is 4.31 Å². The van der Waals surface area contributed by atoms with Crippen LogP contribution in [-0.4, -0.2) is 74.6 Å². The Kier molecular flexibility index (Phi) is 5.52. The number of hydrogen-bond donors (Lipinski definition) is 0. The van der Waals surface area contributed by atoms with Crippen LogP contribution in [0.3, 0.4) is 0 Å². The van der Waals surface area contributed by atoms with Crippen LogP contribution in [0.25, 0.3) is 0 Å². The maximum Gasteiger partial charge on any atom is 0.254 e. The van der Waals surface area contributed by atoms with Crippen molar-refractivity contribution < 1.29 is 18.0 Å². The lowest BCUT2D eigenvalue weighted by molar-refractivity contribution is -0.130. The first kappa shape index (κ1) is 18.7. The molecule has 0 aliphatic carbocycles. The lowest BCUT2D eigenvalue weighted by atomic mass is 10.2. The minimum Gasteiger partial charge on any atom is -0.339 e. The molecule has 0 atom stereocenters. The predicted molar refractivity (Wildman–Crippen MR) is 90.5 cm³/mol. The molecule has 1 aromatic carbocycles. The van der Waals surface area contributed by atoms with Crippen LogP contribution in [0.5, 0.6) is 0 Å². The summed E-state index contributed by atoms with van der Waals surface area (Å²) in [5.41, 5.74) is 0.260. The molecule has 2 rings (SSSR count). The van der Waals surface area contributed by atoms with Crippen LogP contribution in [0.1, 0.15) is 17.3 Å². The highest BCUT2D eigenvalue weighted by Crippen LogP contribution is 2.25. The Bertz CT molecular complexity index is 756. The highest BCUT2D eigenvalue weighted by Gasteiger charge is 2.26. The van der Waals surface area contributed by atoms with Gasteiger partial charge in [-0.1, -0.05) is 11.6 Å². The van der Waals surface area contributed by atoms with Gasteiger partial charge in [-0.05, 0) is 18.2 Å². The first-order valence-electron chi connectivity index (χ1n) is 7.41. The van der Waals surface area contributed by atoms with Crippen molar-refractivity contribution in [1.82, 2.24) is 14.1 Å². The molecule has 0 N–H and O–H groups in total. The van der Waals surface area contributed by atoms with E-state index in [2.05, 4.69) is 0 Å². The molecule has 24 heavy (non-hydrogen) atoms. The fraction of sp³-hybridized carbons (Fsp3) is 0.467. The Balaban J connectivity index is 2.24. The standard InChI is InChI=1S/C15H20ClN3O4S/c1-11(20)18-6-8-19(9-7-18)15(21)12-4-5-13(16)14(10-12)24(22,23)17(2)3/h4-5,10H,6-9H2,1-3H3. The molecule has 9 heteroatoms. The fourth-order valence-corrected chi connectivity index (χ4v) is 3.83. The molecule has 0 aromatic heterocycles. The molecule has 0 bridgehead atoms. The Morgan fingerprint density at radius 2 is 1.62 bits per heavy atom. The number of halogens is 1. The predicted octanol–water partition coefficient (Wildman–Crippen LogP) is 0.895. The third-order valence-corrected chi connectivity index (χ3v) is 6.25. The van der Waals surface area contributed by atoms with Crippen molar-refractivity contribution in [1.29, 1.82) is 0 Å². The molecule has 1 heterocycles. The zero-order chi connectivity index (χ0) is 18.1. The molecule has 0 unspecified atom stereocenters. The van der Waals surface area contributed by atoms with Gasteiger partial charge in [-0.15, -0.1) is 0 Å². The van der Waals surface area contributed by atoms with Gasteiger partial charge in [-0.3, -0.25) is 9.59 Å². The number of carbonyl (C=O) groups is 2. The van der Waals surface area contributed by atoms with Crippen molar-refractivity contribution in [3.63, 3.8) is 0 Å². The Morgan fingerprint density at radius 3 is 2.12 bits per heavy atom. The molecule has 0 saturated carbocycles. The van der Waals surface area contributed by atoms with Gasteiger partial charge >= 0.3 is 0 Å². The number of rotatable bonds is 3. The zero-order valence-electron chi connectivity index (χ0n) is 13.8. The van der Waals surface area contributed by atoms with Gasteiger partial charge in [0.05, 0.1) is 5.02 Å². The molecule has 2 amide bonds. The minimum absolute atomic E-state index is 0.0204. The molecule has 1 aliphatic rings. The van der Waals surface area contributed by atoms with Crippen molar-refractivity contribution >= 4 is 33.4 Å². The maximum atomic E-state index is 12.6. The summed E-state index contributed by atoms with van der Waals surface area (Å²) in [7, 11) is -0.929. The normalized spacial score (nSPS) is 15.7. The van der Waals surface area contributed by atoms with E-state index in [4.69, 9.17) is 11.6 Å². The van der Waals surface area contributed by atoms with E-state index in [0.29, 0.717) is 26.2 Å². The first-order valence-corrected chi connectivity index (χ1v) is 9.23. The van der Waals surface area contributed by atoms with Gasteiger partial charge in [0, 0.05) is 52.8 Å². The number of carbonyl (C=O) groups excluding carboxylic acids is 2. The fourth-order valence-electron chi connectivity index (χ4n) is 2.44. The van der Waals surface area contributed by atoms with Gasteiger partial charge in [0.25, 0.3) is 5.91 Å². The van der Waals surface area contributed by atoms with E-state index in [-0.39, 0.29) is 27.3 Å². The third-order valence-electron chi connectivity index (χ3n) is 3.95. The first-order chi connectivity index (χ1) is 11.1. The van der Waals surface area contributed by atoms with E-state index >= 15 is 0 Å². The van der Waals surface area contributed by atoms with Gasteiger partial charge in [0.2, 0.25) is 15.9 Å². The SMILES string of the molecule is CC(=O)N1CCN(C(=O)c2ccc(Cl)c(S(=O)(=O)N(C)C)c2)CC1. The second kappa shape index (κ2) is 7.08. The molecule has 1 aliphatic heterocycles. The van der Waals surface area contributed by atoms with E-state index in [9.17, 15) is 18.0 Å². The monoisotopic (exact) mass is 373 g/mol. The summed E-state index contributed by atoms with van der Waals surface area (Å²) in [6, 6.07) is 4.23. The van der Waals surface area contributed by atoms with Gasteiger partial charge in [0.1, 0.15) is 4.90 Å². The summed E-state index contributed by atoms with van der Waals surface area (Å²) in [6.07, 6.45) is 0. The van der Waals surface area contributed by atoms with Crippen LogP contribution in [0, 0.1) is 0 Å². The highest BCUT2D eigenvalue weighted by atomic mass is 35.5. The molecule has 1 fully saturated rings. The lowest BCUT2D eigenvalue weighted by Gasteiger charge is -2.34. The van der Waals surface area contributed by atoms with Crippen LogP contribution in [0.2, 0.25) is 5.02 Å². The van der Waals surface area contributed by atoms with Crippen molar-refractivity contribution in [2.75, 3.05) is 40.3 Å². The van der Waals surface area contributed by atoms with Crippen LogP contribution >= 0.6 is 11.6 Å².